The highest BCUT2D eigenvalue weighted by molar-refractivity contribution is 7.09. The Morgan fingerprint density at radius 3 is 2.65 bits per heavy atom. The van der Waals surface area contributed by atoms with Crippen LogP contribution in [0.2, 0.25) is 0 Å². The number of hydrogen-bond acceptors (Lipinski definition) is 5. The standard InChI is InChI=1S/C15H20N2O2S/c1-10(2)19-14-7-12(16)6-13(8-14)18-5-4-15-11(3)17-9-20-15/h6-10H,4-5,16H2,1-3H3. The van der Waals surface area contributed by atoms with Crippen LogP contribution in [0.5, 0.6) is 11.5 Å². The van der Waals surface area contributed by atoms with Gasteiger partial charge in [-0.2, -0.15) is 0 Å². The van der Waals surface area contributed by atoms with Crippen molar-refractivity contribution in [1.29, 1.82) is 0 Å². The molecule has 2 rings (SSSR count). The number of hydrogen-bond donors (Lipinski definition) is 1. The molecule has 0 fully saturated rings. The Bertz CT molecular complexity index is 567. The summed E-state index contributed by atoms with van der Waals surface area (Å²) in [5, 5.41) is 0. The largest absolute Gasteiger partial charge is 0.493 e. The summed E-state index contributed by atoms with van der Waals surface area (Å²) in [5.74, 6) is 1.48. The lowest BCUT2D eigenvalue weighted by atomic mass is 10.2. The van der Waals surface area contributed by atoms with Gasteiger partial charge >= 0.3 is 0 Å². The molecule has 1 aromatic carbocycles. The molecule has 0 unspecified atom stereocenters. The molecular weight excluding hydrogens is 272 g/mol. The first-order valence-corrected chi connectivity index (χ1v) is 7.51. The Balaban J connectivity index is 1.95. The molecule has 0 bridgehead atoms. The number of aromatic nitrogens is 1. The normalized spacial score (nSPS) is 10.8. The SMILES string of the molecule is Cc1ncsc1CCOc1cc(N)cc(OC(C)C)c1. The number of thiazole rings is 1. The molecular formula is C15H20N2O2S. The number of ether oxygens (including phenoxy) is 2. The molecule has 108 valence electrons. The fraction of sp³-hybridized carbons (Fsp3) is 0.400. The highest BCUT2D eigenvalue weighted by Gasteiger charge is 2.05. The van der Waals surface area contributed by atoms with Gasteiger partial charge in [0, 0.05) is 35.2 Å². The maximum absolute atomic E-state index is 5.86. The molecule has 4 nitrogen and oxygen atoms in total. The fourth-order valence-corrected chi connectivity index (χ4v) is 2.61. The molecule has 1 heterocycles. The van der Waals surface area contributed by atoms with E-state index in [2.05, 4.69) is 4.98 Å². The lowest BCUT2D eigenvalue weighted by Gasteiger charge is -2.13. The maximum Gasteiger partial charge on any atom is 0.125 e. The van der Waals surface area contributed by atoms with Crippen molar-refractivity contribution in [3.05, 3.63) is 34.3 Å². The molecule has 0 saturated carbocycles. The van der Waals surface area contributed by atoms with Gasteiger partial charge < -0.3 is 15.2 Å². The number of benzene rings is 1. The van der Waals surface area contributed by atoms with Gasteiger partial charge in [-0.3, -0.25) is 0 Å². The Hall–Kier alpha value is -1.75. The van der Waals surface area contributed by atoms with Crippen molar-refractivity contribution in [1.82, 2.24) is 4.98 Å². The Morgan fingerprint density at radius 1 is 1.25 bits per heavy atom. The van der Waals surface area contributed by atoms with Gasteiger partial charge in [0.25, 0.3) is 0 Å². The molecule has 2 N–H and O–H groups in total. The van der Waals surface area contributed by atoms with Crippen molar-refractivity contribution in [3.63, 3.8) is 0 Å². The fourth-order valence-electron chi connectivity index (χ4n) is 1.84. The van der Waals surface area contributed by atoms with Crippen molar-refractivity contribution < 1.29 is 9.47 Å². The average Bonchev–Trinajstić information content (AvgIpc) is 2.73. The third kappa shape index (κ3) is 4.13. The first-order chi connectivity index (χ1) is 9.54. The highest BCUT2D eigenvalue weighted by atomic mass is 32.1. The lowest BCUT2D eigenvalue weighted by molar-refractivity contribution is 0.240. The molecule has 0 radical (unpaired) electrons. The van der Waals surface area contributed by atoms with Crippen molar-refractivity contribution in [2.75, 3.05) is 12.3 Å². The summed E-state index contributed by atoms with van der Waals surface area (Å²) in [5.41, 5.74) is 9.44. The summed E-state index contributed by atoms with van der Waals surface area (Å²) in [6.07, 6.45) is 0.968. The van der Waals surface area contributed by atoms with Crippen LogP contribution in [0, 0.1) is 6.92 Å². The second-order valence-electron chi connectivity index (χ2n) is 4.86. The van der Waals surface area contributed by atoms with E-state index < -0.39 is 0 Å². The van der Waals surface area contributed by atoms with E-state index in [0.29, 0.717) is 12.3 Å². The van der Waals surface area contributed by atoms with E-state index >= 15 is 0 Å². The number of nitrogens with zero attached hydrogens (tertiary/aromatic N) is 1. The van der Waals surface area contributed by atoms with Crippen LogP contribution in [-0.2, 0) is 6.42 Å². The minimum absolute atomic E-state index is 0.115. The Labute approximate surface area is 123 Å². The van der Waals surface area contributed by atoms with Gasteiger partial charge in [-0.1, -0.05) is 0 Å². The third-order valence-electron chi connectivity index (χ3n) is 2.72. The summed E-state index contributed by atoms with van der Waals surface area (Å²) >= 11 is 1.66. The molecule has 0 amide bonds. The molecule has 0 aliphatic heterocycles. The van der Waals surface area contributed by atoms with E-state index in [-0.39, 0.29) is 6.10 Å². The monoisotopic (exact) mass is 292 g/mol. The Morgan fingerprint density at radius 2 is 2.00 bits per heavy atom. The zero-order chi connectivity index (χ0) is 14.5. The van der Waals surface area contributed by atoms with Gasteiger partial charge in [0.2, 0.25) is 0 Å². The summed E-state index contributed by atoms with van der Waals surface area (Å²) in [6, 6.07) is 5.49. The zero-order valence-electron chi connectivity index (χ0n) is 12.1. The van der Waals surface area contributed by atoms with E-state index in [4.69, 9.17) is 15.2 Å². The number of nitrogens with two attached hydrogens (primary N) is 1. The molecule has 0 spiro atoms. The summed E-state index contributed by atoms with van der Waals surface area (Å²) in [7, 11) is 0. The summed E-state index contributed by atoms with van der Waals surface area (Å²) < 4.78 is 11.4. The molecule has 0 atom stereocenters. The van der Waals surface area contributed by atoms with Gasteiger partial charge in [0.1, 0.15) is 11.5 Å². The first kappa shape index (κ1) is 14.7. The minimum atomic E-state index is 0.115. The minimum Gasteiger partial charge on any atom is -0.493 e. The van der Waals surface area contributed by atoms with Gasteiger partial charge in [0.15, 0.2) is 0 Å². The van der Waals surface area contributed by atoms with Crippen molar-refractivity contribution in [2.45, 2.75) is 33.3 Å². The first-order valence-electron chi connectivity index (χ1n) is 6.63. The van der Waals surface area contributed by atoms with Crippen LogP contribution in [0.1, 0.15) is 24.4 Å². The van der Waals surface area contributed by atoms with Crippen LogP contribution in [-0.4, -0.2) is 17.7 Å². The zero-order valence-corrected chi connectivity index (χ0v) is 12.9. The Kier molecular flexibility index (Phi) is 4.84. The number of nitrogen functional groups attached to an aromatic ring is 1. The van der Waals surface area contributed by atoms with Crippen LogP contribution in [0.4, 0.5) is 5.69 Å². The highest BCUT2D eigenvalue weighted by Crippen LogP contribution is 2.25. The van der Waals surface area contributed by atoms with Crippen molar-refractivity contribution in [3.8, 4) is 11.5 Å². The predicted molar refractivity (Wildman–Crippen MR) is 82.7 cm³/mol. The second kappa shape index (κ2) is 6.61. The second-order valence-corrected chi connectivity index (χ2v) is 5.80. The molecule has 5 heteroatoms. The number of anilines is 1. The van der Waals surface area contributed by atoms with E-state index in [1.165, 1.54) is 4.88 Å². The summed E-state index contributed by atoms with van der Waals surface area (Å²) in [4.78, 5) is 5.48. The molecule has 0 aliphatic carbocycles. The van der Waals surface area contributed by atoms with Gasteiger partial charge in [-0.05, 0) is 20.8 Å². The topological polar surface area (TPSA) is 57.4 Å². The molecule has 1 aromatic heterocycles. The quantitative estimate of drug-likeness (QED) is 0.829. The number of aryl methyl sites for hydroxylation is 1. The van der Waals surface area contributed by atoms with E-state index in [1.807, 2.05) is 38.4 Å². The van der Waals surface area contributed by atoms with Crippen LogP contribution < -0.4 is 15.2 Å². The van der Waals surface area contributed by atoms with Crippen LogP contribution in [0.25, 0.3) is 0 Å². The van der Waals surface area contributed by atoms with Crippen molar-refractivity contribution >= 4 is 17.0 Å². The van der Waals surface area contributed by atoms with E-state index in [1.54, 1.807) is 17.4 Å². The molecule has 0 aliphatic rings. The lowest BCUT2D eigenvalue weighted by Crippen LogP contribution is -2.07. The maximum atomic E-state index is 5.86. The molecule has 20 heavy (non-hydrogen) atoms. The van der Waals surface area contributed by atoms with Gasteiger partial charge in [-0.15, -0.1) is 11.3 Å². The predicted octanol–water partition coefficient (Wildman–Crippen LogP) is 3.44. The van der Waals surface area contributed by atoms with Gasteiger partial charge in [0.05, 0.1) is 23.9 Å². The van der Waals surface area contributed by atoms with Crippen LogP contribution in [0.15, 0.2) is 23.7 Å². The van der Waals surface area contributed by atoms with Gasteiger partial charge in [-0.25, -0.2) is 4.98 Å². The van der Waals surface area contributed by atoms with Crippen molar-refractivity contribution in [2.24, 2.45) is 0 Å². The summed E-state index contributed by atoms with van der Waals surface area (Å²) in [6.45, 7) is 6.58. The third-order valence-corrected chi connectivity index (χ3v) is 3.71. The number of rotatable bonds is 6. The molecule has 2 aromatic rings. The van der Waals surface area contributed by atoms with Crippen LogP contribution in [0.3, 0.4) is 0 Å². The smallest absolute Gasteiger partial charge is 0.125 e. The molecule has 0 saturated heterocycles. The van der Waals surface area contributed by atoms with Crippen LogP contribution >= 0.6 is 11.3 Å². The van der Waals surface area contributed by atoms with E-state index in [0.717, 1.165) is 23.6 Å². The van der Waals surface area contributed by atoms with E-state index in [9.17, 15) is 0 Å². The average molecular weight is 292 g/mol.